The minimum absolute atomic E-state index is 0.134. The van der Waals surface area contributed by atoms with Gasteiger partial charge in [0.1, 0.15) is 0 Å². The summed E-state index contributed by atoms with van der Waals surface area (Å²) in [6.07, 6.45) is 1.70. The van der Waals surface area contributed by atoms with Gasteiger partial charge >= 0.3 is 0 Å². The van der Waals surface area contributed by atoms with Crippen molar-refractivity contribution in [2.75, 3.05) is 13.1 Å². The molecule has 1 fully saturated rings. The van der Waals surface area contributed by atoms with E-state index in [0.29, 0.717) is 12.6 Å². The Morgan fingerprint density at radius 2 is 2.00 bits per heavy atom. The molecule has 0 bridgehead atoms. The predicted octanol–water partition coefficient (Wildman–Crippen LogP) is -0.942. The molecule has 2 atom stereocenters. The minimum atomic E-state index is -0.359. The third-order valence-corrected chi connectivity index (χ3v) is 2.77. The van der Waals surface area contributed by atoms with Crippen LogP contribution in [0.15, 0.2) is 0 Å². The number of carbonyl (C=O) groups is 2. The number of piperidine rings is 1. The first kappa shape index (κ1) is 11.0. The molecule has 1 heterocycles. The lowest BCUT2D eigenvalue weighted by molar-refractivity contribution is -0.126. The zero-order valence-corrected chi connectivity index (χ0v) is 8.40. The van der Waals surface area contributed by atoms with Gasteiger partial charge in [-0.05, 0) is 19.8 Å². The number of rotatable bonds is 3. The Morgan fingerprint density at radius 3 is 2.50 bits per heavy atom. The van der Waals surface area contributed by atoms with E-state index in [1.165, 1.54) is 0 Å². The molecular formula is C9H17N3O2. The zero-order valence-electron chi connectivity index (χ0n) is 8.40. The van der Waals surface area contributed by atoms with Crippen molar-refractivity contribution < 1.29 is 9.59 Å². The first-order valence-corrected chi connectivity index (χ1v) is 4.82. The van der Waals surface area contributed by atoms with Crippen molar-refractivity contribution in [1.82, 2.24) is 4.90 Å². The average molecular weight is 199 g/mol. The molecule has 0 aromatic carbocycles. The highest BCUT2D eigenvalue weighted by Gasteiger charge is 2.28. The maximum atomic E-state index is 11.0. The molecule has 1 rings (SSSR count). The highest BCUT2D eigenvalue weighted by molar-refractivity contribution is 5.78. The Hall–Kier alpha value is -1.10. The van der Waals surface area contributed by atoms with Crippen LogP contribution >= 0.6 is 0 Å². The summed E-state index contributed by atoms with van der Waals surface area (Å²) in [7, 11) is 0. The first-order valence-electron chi connectivity index (χ1n) is 4.82. The molecule has 0 aliphatic carbocycles. The standard InChI is InChI=1S/C9H17N3O2/c1-6-2-3-7(9(11)14)4-12(6)5-8(10)13/h6-7H,2-5H2,1H3,(H2,10,13)(H2,11,14). The SMILES string of the molecule is CC1CCC(C(N)=O)CN1CC(N)=O. The molecule has 14 heavy (non-hydrogen) atoms. The average Bonchev–Trinajstić information content (AvgIpc) is 2.07. The van der Waals surface area contributed by atoms with Crippen molar-refractivity contribution in [2.24, 2.45) is 17.4 Å². The van der Waals surface area contributed by atoms with Crippen LogP contribution in [0.1, 0.15) is 19.8 Å². The second-order valence-electron chi connectivity index (χ2n) is 3.92. The molecule has 0 radical (unpaired) electrons. The summed E-state index contributed by atoms with van der Waals surface area (Å²) in [6.45, 7) is 2.80. The van der Waals surface area contributed by atoms with E-state index in [0.717, 1.165) is 12.8 Å². The molecule has 2 amide bonds. The van der Waals surface area contributed by atoms with Gasteiger partial charge < -0.3 is 11.5 Å². The molecule has 5 heteroatoms. The molecule has 0 aromatic heterocycles. The summed E-state index contributed by atoms with van der Waals surface area (Å²) in [6, 6.07) is 0.304. The largest absolute Gasteiger partial charge is 0.369 e. The number of likely N-dealkylation sites (tertiary alicyclic amines) is 1. The molecule has 0 spiro atoms. The van der Waals surface area contributed by atoms with Crippen LogP contribution in [-0.4, -0.2) is 35.8 Å². The van der Waals surface area contributed by atoms with Gasteiger partial charge in [0, 0.05) is 12.6 Å². The summed E-state index contributed by atoms with van der Waals surface area (Å²) < 4.78 is 0. The Morgan fingerprint density at radius 1 is 1.36 bits per heavy atom. The van der Waals surface area contributed by atoms with Crippen LogP contribution in [0.4, 0.5) is 0 Å². The van der Waals surface area contributed by atoms with Gasteiger partial charge in [0.05, 0.1) is 12.5 Å². The van der Waals surface area contributed by atoms with Crippen molar-refractivity contribution in [3.8, 4) is 0 Å². The van der Waals surface area contributed by atoms with Crippen LogP contribution in [0.25, 0.3) is 0 Å². The molecule has 5 nitrogen and oxygen atoms in total. The van der Waals surface area contributed by atoms with Gasteiger partial charge in [-0.25, -0.2) is 0 Å². The van der Waals surface area contributed by atoms with E-state index in [4.69, 9.17) is 11.5 Å². The van der Waals surface area contributed by atoms with Crippen LogP contribution in [-0.2, 0) is 9.59 Å². The van der Waals surface area contributed by atoms with Gasteiger partial charge in [-0.3, -0.25) is 14.5 Å². The summed E-state index contributed by atoms with van der Waals surface area (Å²) in [5.74, 6) is -0.779. The molecule has 1 aliphatic rings. The topological polar surface area (TPSA) is 89.4 Å². The van der Waals surface area contributed by atoms with Crippen molar-refractivity contribution in [1.29, 1.82) is 0 Å². The van der Waals surface area contributed by atoms with Gasteiger partial charge in [-0.15, -0.1) is 0 Å². The molecule has 0 aromatic rings. The molecule has 1 saturated heterocycles. The van der Waals surface area contributed by atoms with E-state index in [-0.39, 0.29) is 24.3 Å². The maximum absolute atomic E-state index is 11.0. The second kappa shape index (κ2) is 4.41. The molecule has 1 aliphatic heterocycles. The maximum Gasteiger partial charge on any atom is 0.231 e. The van der Waals surface area contributed by atoms with Gasteiger partial charge in [0.15, 0.2) is 0 Å². The predicted molar refractivity (Wildman–Crippen MR) is 52.1 cm³/mol. The van der Waals surface area contributed by atoms with Crippen LogP contribution in [0.5, 0.6) is 0 Å². The van der Waals surface area contributed by atoms with E-state index in [2.05, 4.69) is 0 Å². The third kappa shape index (κ3) is 2.70. The van der Waals surface area contributed by atoms with Crippen LogP contribution < -0.4 is 11.5 Å². The summed E-state index contributed by atoms with van der Waals surface area (Å²) in [5, 5.41) is 0. The van der Waals surface area contributed by atoms with Crippen molar-refractivity contribution in [2.45, 2.75) is 25.8 Å². The van der Waals surface area contributed by atoms with Gasteiger partial charge in [-0.2, -0.15) is 0 Å². The monoisotopic (exact) mass is 199 g/mol. The molecule has 2 unspecified atom stereocenters. The lowest BCUT2D eigenvalue weighted by atomic mass is 9.93. The van der Waals surface area contributed by atoms with Crippen LogP contribution in [0.2, 0.25) is 0 Å². The Balaban J connectivity index is 2.55. The lowest BCUT2D eigenvalue weighted by Crippen LogP contribution is -2.48. The number of carbonyl (C=O) groups excluding carboxylic acids is 2. The van der Waals surface area contributed by atoms with E-state index >= 15 is 0 Å². The highest BCUT2D eigenvalue weighted by atomic mass is 16.1. The number of primary amides is 2. The third-order valence-electron chi connectivity index (χ3n) is 2.77. The fraction of sp³-hybridized carbons (Fsp3) is 0.778. The number of hydrogen-bond donors (Lipinski definition) is 2. The summed E-state index contributed by atoms with van der Waals surface area (Å²) in [5.41, 5.74) is 10.3. The molecular weight excluding hydrogens is 182 g/mol. The molecule has 80 valence electrons. The lowest BCUT2D eigenvalue weighted by Gasteiger charge is -2.35. The van der Waals surface area contributed by atoms with Gasteiger partial charge in [0.2, 0.25) is 11.8 Å². The summed E-state index contributed by atoms with van der Waals surface area (Å²) in [4.78, 5) is 23.6. The van der Waals surface area contributed by atoms with E-state index < -0.39 is 0 Å². The fourth-order valence-corrected chi connectivity index (χ4v) is 1.83. The summed E-state index contributed by atoms with van der Waals surface area (Å²) >= 11 is 0. The van der Waals surface area contributed by atoms with Crippen molar-refractivity contribution in [3.63, 3.8) is 0 Å². The number of nitrogens with zero attached hydrogens (tertiary/aromatic N) is 1. The van der Waals surface area contributed by atoms with Crippen molar-refractivity contribution in [3.05, 3.63) is 0 Å². The van der Waals surface area contributed by atoms with E-state index in [1.54, 1.807) is 0 Å². The second-order valence-corrected chi connectivity index (χ2v) is 3.92. The quantitative estimate of drug-likeness (QED) is 0.614. The smallest absolute Gasteiger partial charge is 0.231 e. The fourth-order valence-electron chi connectivity index (χ4n) is 1.83. The Labute approximate surface area is 83.4 Å². The number of nitrogens with two attached hydrogens (primary N) is 2. The van der Waals surface area contributed by atoms with E-state index in [9.17, 15) is 9.59 Å². The Bertz CT molecular complexity index is 242. The normalized spacial score (nSPS) is 28.6. The minimum Gasteiger partial charge on any atom is -0.369 e. The molecule has 4 N–H and O–H groups in total. The highest BCUT2D eigenvalue weighted by Crippen LogP contribution is 2.20. The first-order chi connectivity index (χ1) is 6.50. The number of hydrogen-bond acceptors (Lipinski definition) is 3. The Kier molecular flexibility index (Phi) is 3.46. The van der Waals surface area contributed by atoms with Gasteiger partial charge in [0.25, 0.3) is 0 Å². The van der Waals surface area contributed by atoms with Crippen molar-refractivity contribution >= 4 is 11.8 Å². The molecule has 0 saturated carbocycles. The van der Waals surface area contributed by atoms with Crippen LogP contribution in [0, 0.1) is 5.92 Å². The zero-order chi connectivity index (χ0) is 10.7. The number of amides is 2. The van der Waals surface area contributed by atoms with E-state index in [1.807, 2.05) is 11.8 Å². The van der Waals surface area contributed by atoms with Crippen LogP contribution in [0.3, 0.4) is 0 Å². The van der Waals surface area contributed by atoms with Gasteiger partial charge in [-0.1, -0.05) is 0 Å².